The highest BCUT2D eigenvalue weighted by molar-refractivity contribution is 9.10. The third-order valence-corrected chi connectivity index (χ3v) is 5.51. The SMILES string of the molecule is Cc1cc(N2CCC3(CCOC3)CC2)c(CO)nc1Br. The van der Waals surface area contributed by atoms with Crippen LogP contribution in [0.15, 0.2) is 10.7 Å². The number of pyridine rings is 1. The summed E-state index contributed by atoms with van der Waals surface area (Å²) in [6, 6.07) is 2.13. The summed E-state index contributed by atoms with van der Waals surface area (Å²) < 4.78 is 6.40. The Morgan fingerprint density at radius 3 is 2.75 bits per heavy atom. The molecule has 0 aliphatic carbocycles. The molecule has 2 fully saturated rings. The number of anilines is 1. The molecule has 3 heterocycles. The van der Waals surface area contributed by atoms with E-state index in [-0.39, 0.29) is 6.61 Å². The van der Waals surface area contributed by atoms with Gasteiger partial charge in [0.25, 0.3) is 0 Å². The molecule has 1 N–H and O–H groups in total. The number of aliphatic hydroxyl groups is 1. The second-order valence-corrected chi connectivity index (χ2v) is 6.76. The normalized spacial score (nSPS) is 21.6. The van der Waals surface area contributed by atoms with Gasteiger partial charge >= 0.3 is 0 Å². The Balaban J connectivity index is 1.79. The lowest BCUT2D eigenvalue weighted by Gasteiger charge is -2.40. The molecule has 2 aliphatic rings. The van der Waals surface area contributed by atoms with Gasteiger partial charge in [0.15, 0.2) is 0 Å². The smallest absolute Gasteiger partial charge is 0.109 e. The summed E-state index contributed by atoms with van der Waals surface area (Å²) in [6.07, 6.45) is 3.55. The molecule has 0 unspecified atom stereocenters. The quantitative estimate of drug-likeness (QED) is 0.840. The summed E-state index contributed by atoms with van der Waals surface area (Å²) in [4.78, 5) is 6.82. The number of piperidine rings is 1. The van der Waals surface area contributed by atoms with Crippen LogP contribution in [0.1, 0.15) is 30.5 Å². The fourth-order valence-electron chi connectivity index (χ4n) is 3.27. The van der Waals surface area contributed by atoms with Crippen LogP contribution in [0.3, 0.4) is 0 Å². The van der Waals surface area contributed by atoms with Gasteiger partial charge in [-0.25, -0.2) is 4.98 Å². The van der Waals surface area contributed by atoms with Crippen LogP contribution in [0.5, 0.6) is 0 Å². The van der Waals surface area contributed by atoms with E-state index >= 15 is 0 Å². The van der Waals surface area contributed by atoms with Gasteiger partial charge in [-0.05, 0) is 59.2 Å². The monoisotopic (exact) mass is 340 g/mol. The molecule has 4 nitrogen and oxygen atoms in total. The minimum Gasteiger partial charge on any atom is -0.390 e. The number of hydrogen-bond acceptors (Lipinski definition) is 4. The minimum atomic E-state index is -0.0149. The summed E-state index contributed by atoms with van der Waals surface area (Å²) >= 11 is 3.44. The van der Waals surface area contributed by atoms with Crippen LogP contribution in [0.2, 0.25) is 0 Å². The van der Waals surface area contributed by atoms with Gasteiger partial charge in [0.1, 0.15) is 4.60 Å². The number of aromatic nitrogens is 1. The van der Waals surface area contributed by atoms with Gasteiger partial charge in [-0.15, -0.1) is 0 Å². The van der Waals surface area contributed by atoms with Gasteiger partial charge in [0.05, 0.1) is 24.6 Å². The van der Waals surface area contributed by atoms with E-state index in [9.17, 15) is 5.11 Å². The Hall–Kier alpha value is -0.650. The molecule has 1 spiro atoms. The van der Waals surface area contributed by atoms with E-state index in [1.54, 1.807) is 0 Å². The largest absolute Gasteiger partial charge is 0.390 e. The summed E-state index contributed by atoms with van der Waals surface area (Å²) in [5, 5.41) is 9.54. The van der Waals surface area contributed by atoms with Crippen LogP contribution in [0.25, 0.3) is 0 Å². The maximum absolute atomic E-state index is 9.54. The number of halogens is 1. The van der Waals surface area contributed by atoms with Crippen LogP contribution in [-0.2, 0) is 11.3 Å². The van der Waals surface area contributed by atoms with Crippen LogP contribution < -0.4 is 4.90 Å². The van der Waals surface area contributed by atoms with E-state index in [4.69, 9.17) is 4.74 Å². The van der Waals surface area contributed by atoms with Crippen molar-refractivity contribution in [3.8, 4) is 0 Å². The molecule has 0 radical (unpaired) electrons. The summed E-state index contributed by atoms with van der Waals surface area (Å²) in [7, 11) is 0. The van der Waals surface area contributed by atoms with Crippen molar-refractivity contribution in [3.63, 3.8) is 0 Å². The predicted octanol–water partition coefficient (Wildman–Crippen LogP) is 2.65. The zero-order chi connectivity index (χ0) is 14.2. The van der Waals surface area contributed by atoms with Crippen molar-refractivity contribution in [2.24, 2.45) is 5.41 Å². The molecular formula is C15H21BrN2O2. The van der Waals surface area contributed by atoms with Crippen molar-refractivity contribution in [3.05, 3.63) is 21.9 Å². The van der Waals surface area contributed by atoms with Crippen molar-refractivity contribution in [2.75, 3.05) is 31.2 Å². The van der Waals surface area contributed by atoms with Gasteiger partial charge < -0.3 is 14.7 Å². The maximum atomic E-state index is 9.54. The highest BCUT2D eigenvalue weighted by Gasteiger charge is 2.38. The lowest BCUT2D eigenvalue weighted by molar-refractivity contribution is 0.133. The number of nitrogens with zero attached hydrogens (tertiary/aromatic N) is 2. The van der Waals surface area contributed by atoms with E-state index in [0.717, 1.165) is 47.9 Å². The van der Waals surface area contributed by atoms with E-state index in [0.29, 0.717) is 5.41 Å². The second kappa shape index (κ2) is 5.62. The summed E-state index contributed by atoms with van der Waals surface area (Å²) in [5.74, 6) is 0. The number of rotatable bonds is 2. The van der Waals surface area contributed by atoms with E-state index in [2.05, 4.69) is 31.9 Å². The standard InChI is InChI=1S/C15H21BrN2O2/c1-11-8-13(12(9-19)17-14(11)16)18-5-2-15(3-6-18)4-7-20-10-15/h8,19H,2-7,9-10H2,1H3. The Labute approximate surface area is 128 Å². The Kier molecular flexibility index (Phi) is 4.02. The lowest BCUT2D eigenvalue weighted by Crippen LogP contribution is -2.41. The average molecular weight is 341 g/mol. The highest BCUT2D eigenvalue weighted by atomic mass is 79.9. The number of ether oxygens (including phenoxy) is 1. The zero-order valence-electron chi connectivity index (χ0n) is 11.9. The first-order valence-corrected chi connectivity index (χ1v) is 8.02. The Bertz CT molecular complexity index is 491. The third-order valence-electron chi connectivity index (χ3n) is 4.71. The molecule has 3 rings (SSSR count). The maximum Gasteiger partial charge on any atom is 0.109 e. The molecule has 110 valence electrons. The first-order chi connectivity index (χ1) is 9.63. The molecule has 0 aromatic carbocycles. The van der Waals surface area contributed by atoms with Crippen molar-refractivity contribution in [1.29, 1.82) is 0 Å². The molecule has 1 aromatic heterocycles. The molecule has 20 heavy (non-hydrogen) atoms. The fourth-order valence-corrected chi connectivity index (χ4v) is 3.60. The second-order valence-electron chi connectivity index (χ2n) is 6.01. The summed E-state index contributed by atoms with van der Waals surface area (Å²) in [6.45, 7) is 5.92. The number of hydrogen-bond donors (Lipinski definition) is 1. The van der Waals surface area contributed by atoms with Gasteiger partial charge in [-0.2, -0.15) is 0 Å². The molecule has 5 heteroatoms. The average Bonchev–Trinajstić information content (AvgIpc) is 2.91. The molecule has 0 amide bonds. The molecule has 2 saturated heterocycles. The topological polar surface area (TPSA) is 45.6 Å². The van der Waals surface area contributed by atoms with Crippen molar-refractivity contribution >= 4 is 21.6 Å². The molecule has 1 aromatic rings. The van der Waals surface area contributed by atoms with Crippen LogP contribution in [0.4, 0.5) is 5.69 Å². The van der Waals surface area contributed by atoms with Gasteiger partial charge in [-0.1, -0.05) is 0 Å². The lowest BCUT2D eigenvalue weighted by atomic mass is 9.78. The van der Waals surface area contributed by atoms with Crippen molar-refractivity contribution < 1.29 is 9.84 Å². The Morgan fingerprint density at radius 2 is 2.15 bits per heavy atom. The van der Waals surface area contributed by atoms with Crippen LogP contribution in [-0.4, -0.2) is 36.4 Å². The zero-order valence-corrected chi connectivity index (χ0v) is 13.4. The molecular weight excluding hydrogens is 320 g/mol. The molecule has 0 bridgehead atoms. The predicted molar refractivity (Wildman–Crippen MR) is 81.9 cm³/mol. The molecule has 0 saturated carbocycles. The molecule has 2 aliphatic heterocycles. The first kappa shape index (κ1) is 14.3. The van der Waals surface area contributed by atoms with E-state index in [1.165, 1.54) is 19.3 Å². The van der Waals surface area contributed by atoms with Crippen molar-refractivity contribution in [2.45, 2.75) is 32.8 Å². The highest BCUT2D eigenvalue weighted by Crippen LogP contribution is 2.40. The molecule has 0 atom stereocenters. The van der Waals surface area contributed by atoms with Crippen LogP contribution in [0, 0.1) is 12.3 Å². The number of aryl methyl sites for hydroxylation is 1. The Morgan fingerprint density at radius 1 is 1.40 bits per heavy atom. The first-order valence-electron chi connectivity index (χ1n) is 7.23. The van der Waals surface area contributed by atoms with Gasteiger partial charge in [0.2, 0.25) is 0 Å². The van der Waals surface area contributed by atoms with Gasteiger partial charge in [0, 0.05) is 19.7 Å². The van der Waals surface area contributed by atoms with Gasteiger partial charge in [-0.3, -0.25) is 0 Å². The number of aliphatic hydroxyl groups excluding tert-OH is 1. The summed E-state index contributed by atoms with van der Waals surface area (Å²) in [5.41, 5.74) is 3.37. The fraction of sp³-hybridized carbons (Fsp3) is 0.667. The van der Waals surface area contributed by atoms with E-state index < -0.39 is 0 Å². The minimum absolute atomic E-state index is 0.0149. The van der Waals surface area contributed by atoms with E-state index in [1.807, 2.05) is 6.92 Å². The van der Waals surface area contributed by atoms with Crippen molar-refractivity contribution in [1.82, 2.24) is 4.98 Å². The van der Waals surface area contributed by atoms with Crippen LogP contribution >= 0.6 is 15.9 Å². The third kappa shape index (κ3) is 2.59.